The number of carboxylic acid groups (broad SMARTS) is 4. The quantitative estimate of drug-likeness (QED) is 0.0506. The minimum atomic E-state index is -2.20. The molecule has 0 fully saturated rings. The molecule has 24 N–H and O–H groups in total. The van der Waals surface area contributed by atoms with Gasteiger partial charge >= 0.3 is 23.9 Å². The second kappa shape index (κ2) is 31.0. The maximum Gasteiger partial charge on any atom is 0.335 e. The van der Waals surface area contributed by atoms with Gasteiger partial charge in [-0.3, -0.25) is 0 Å². The third kappa shape index (κ3) is 23.3. The molecule has 0 bridgehead atoms. The standard InChI is InChI=1S/4C6H12O7.Zn/c4*7-1-2(8)3(9)4(10)5(11)6(12)13;/h4*2-5,7-11H,1H2,(H,12,13);/t4*2-,3-,4+,5-;/m1111./s1. The summed E-state index contributed by atoms with van der Waals surface area (Å²) in [5.74, 6) is -6.90. The first kappa shape index (κ1) is 60.0. The third-order valence-electron chi connectivity index (χ3n) is 6.03. The van der Waals surface area contributed by atoms with Crippen LogP contribution < -0.4 is 0 Å². The number of carboxylic acids is 4. The summed E-state index contributed by atoms with van der Waals surface area (Å²) in [5, 5.41) is 207. The van der Waals surface area contributed by atoms with Crippen LogP contribution in [0.15, 0.2) is 0 Å². The van der Waals surface area contributed by atoms with Crippen LogP contribution >= 0.6 is 0 Å². The van der Waals surface area contributed by atoms with Crippen molar-refractivity contribution in [3.05, 3.63) is 0 Å². The molecule has 0 radical (unpaired) electrons. The first-order valence-electron chi connectivity index (χ1n) is 13.9. The van der Waals surface area contributed by atoms with E-state index in [1.807, 2.05) is 0 Å². The van der Waals surface area contributed by atoms with Crippen molar-refractivity contribution < 1.29 is 161 Å². The van der Waals surface area contributed by atoms with Crippen LogP contribution in [0, 0.1) is 0 Å². The van der Waals surface area contributed by atoms with Crippen molar-refractivity contribution in [2.24, 2.45) is 0 Å². The Labute approximate surface area is 309 Å². The summed E-state index contributed by atoms with van der Waals surface area (Å²) < 4.78 is 0. The van der Waals surface area contributed by atoms with E-state index in [2.05, 4.69) is 0 Å². The fraction of sp³-hybridized carbons (Fsp3) is 0.833. The maximum absolute atomic E-state index is 10.1. The monoisotopic (exact) mass is 848 g/mol. The van der Waals surface area contributed by atoms with Gasteiger partial charge in [0.1, 0.15) is 73.2 Å². The predicted octanol–water partition coefficient (Wildman–Crippen LogP) is -14.0. The number of rotatable bonds is 20. The minimum Gasteiger partial charge on any atom is -0.479 e. The molecule has 0 aromatic carbocycles. The van der Waals surface area contributed by atoms with Crippen LogP contribution in [0.3, 0.4) is 0 Å². The normalized spacial score (nSPS) is 20.0. The molecule has 28 nitrogen and oxygen atoms in total. The SMILES string of the molecule is O=C(O)[C@H](O)[C@@H](O)[C@H](O)[C@H](O)CO.O=C(O)[C@H](O)[C@@H](O)[C@H](O)[C@H](O)CO.O=C(O)[C@H](O)[C@@H](O)[C@H](O)[C@H](O)CO.O=C(O)[C@H](O)[C@@H](O)[C@H](O)[C@H](O)CO.[Zn]. The van der Waals surface area contributed by atoms with Gasteiger partial charge in [0.25, 0.3) is 0 Å². The first-order chi connectivity index (χ1) is 23.7. The van der Waals surface area contributed by atoms with Gasteiger partial charge < -0.3 is 123 Å². The van der Waals surface area contributed by atoms with Gasteiger partial charge in [0, 0.05) is 19.5 Å². The van der Waals surface area contributed by atoms with Crippen LogP contribution in [0.1, 0.15) is 0 Å². The fourth-order valence-electron chi connectivity index (χ4n) is 2.67. The van der Waals surface area contributed by atoms with E-state index >= 15 is 0 Å². The molecule has 314 valence electrons. The van der Waals surface area contributed by atoms with Crippen molar-refractivity contribution >= 4 is 23.9 Å². The van der Waals surface area contributed by atoms with Crippen molar-refractivity contribution in [2.45, 2.75) is 97.7 Å². The average Bonchev–Trinajstić information content (AvgIpc) is 3.12. The summed E-state index contributed by atoms with van der Waals surface area (Å²) in [5.41, 5.74) is 0. The topological polar surface area (TPSA) is 554 Å². The Morgan fingerprint density at radius 2 is 0.396 bits per heavy atom. The van der Waals surface area contributed by atoms with Gasteiger partial charge in [0.15, 0.2) is 24.4 Å². The molecule has 0 saturated heterocycles. The van der Waals surface area contributed by atoms with E-state index in [0.717, 1.165) is 0 Å². The zero-order valence-electron chi connectivity index (χ0n) is 27.1. The molecule has 0 spiro atoms. The van der Waals surface area contributed by atoms with Gasteiger partial charge in [-0.25, -0.2) is 19.2 Å². The second-order valence-corrected chi connectivity index (χ2v) is 10.1. The number of hydrogen-bond donors (Lipinski definition) is 24. The summed E-state index contributed by atoms with van der Waals surface area (Å²) in [6.45, 7) is -3.37. The molecule has 53 heavy (non-hydrogen) atoms. The molecule has 0 aromatic heterocycles. The van der Waals surface area contributed by atoms with E-state index < -0.39 is 148 Å². The molecular formula is C24H48O28Zn. The van der Waals surface area contributed by atoms with Gasteiger partial charge in [0.2, 0.25) is 0 Å². The number of aliphatic hydroxyl groups excluding tert-OH is 20. The minimum absolute atomic E-state index is 0. The summed E-state index contributed by atoms with van der Waals surface area (Å²) in [4.78, 5) is 40.4. The van der Waals surface area contributed by atoms with Gasteiger partial charge in [-0.15, -0.1) is 0 Å². The first-order valence-corrected chi connectivity index (χ1v) is 13.9. The molecule has 0 heterocycles. The second-order valence-electron chi connectivity index (χ2n) is 10.1. The molecule has 0 saturated carbocycles. The van der Waals surface area contributed by atoms with Crippen molar-refractivity contribution in [1.29, 1.82) is 0 Å². The Hall–Kier alpha value is -2.30. The zero-order valence-corrected chi connectivity index (χ0v) is 30.1. The van der Waals surface area contributed by atoms with Gasteiger partial charge in [-0.1, -0.05) is 0 Å². The van der Waals surface area contributed by atoms with E-state index in [1.165, 1.54) is 0 Å². The Morgan fingerprint density at radius 1 is 0.283 bits per heavy atom. The Balaban J connectivity index is -0.000000192. The molecule has 0 amide bonds. The zero-order chi connectivity index (χ0) is 42.4. The molecule has 29 heteroatoms. The fourth-order valence-corrected chi connectivity index (χ4v) is 2.67. The van der Waals surface area contributed by atoms with Crippen LogP contribution in [0.25, 0.3) is 0 Å². The Bertz CT molecular complexity index is 841. The van der Waals surface area contributed by atoms with Crippen LogP contribution in [0.2, 0.25) is 0 Å². The number of aliphatic hydroxyl groups is 20. The Kier molecular flexibility index (Phi) is 35.0. The van der Waals surface area contributed by atoms with Gasteiger partial charge in [-0.05, 0) is 0 Å². The molecule has 0 aliphatic carbocycles. The van der Waals surface area contributed by atoms with E-state index in [1.54, 1.807) is 0 Å². The van der Waals surface area contributed by atoms with E-state index in [0.29, 0.717) is 0 Å². The van der Waals surface area contributed by atoms with E-state index in [-0.39, 0.29) is 19.5 Å². The third-order valence-corrected chi connectivity index (χ3v) is 6.03. The van der Waals surface area contributed by atoms with Crippen molar-refractivity contribution in [1.82, 2.24) is 0 Å². The van der Waals surface area contributed by atoms with Crippen LogP contribution in [-0.2, 0) is 38.7 Å². The van der Waals surface area contributed by atoms with Crippen molar-refractivity contribution in [2.75, 3.05) is 26.4 Å². The molecule has 0 aliphatic rings. The maximum atomic E-state index is 10.1. The molecule has 16 atom stereocenters. The van der Waals surface area contributed by atoms with Crippen molar-refractivity contribution in [3.8, 4) is 0 Å². The Morgan fingerprint density at radius 3 is 0.472 bits per heavy atom. The number of carbonyl (C=O) groups is 4. The van der Waals surface area contributed by atoms with Gasteiger partial charge in [-0.2, -0.15) is 0 Å². The number of hydrogen-bond acceptors (Lipinski definition) is 24. The summed E-state index contributed by atoms with van der Waals surface area (Å²) >= 11 is 0. The molecular weight excluding hydrogens is 802 g/mol. The molecule has 0 unspecified atom stereocenters. The molecule has 0 rings (SSSR count). The van der Waals surface area contributed by atoms with E-state index in [9.17, 15) is 19.2 Å². The largest absolute Gasteiger partial charge is 0.479 e. The van der Waals surface area contributed by atoms with Gasteiger partial charge in [0.05, 0.1) is 26.4 Å². The van der Waals surface area contributed by atoms with Crippen LogP contribution in [0.5, 0.6) is 0 Å². The van der Waals surface area contributed by atoms with Crippen molar-refractivity contribution in [3.63, 3.8) is 0 Å². The molecule has 0 aromatic rings. The van der Waals surface area contributed by atoms with Crippen LogP contribution in [0.4, 0.5) is 0 Å². The number of aliphatic carboxylic acids is 4. The average molecular weight is 850 g/mol. The molecule has 0 aliphatic heterocycles. The summed E-state index contributed by atoms with van der Waals surface area (Å²) in [6.07, 6.45) is -31.3. The van der Waals surface area contributed by atoms with E-state index in [4.69, 9.17) is 123 Å². The van der Waals surface area contributed by atoms with Crippen LogP contribution in [-0.4, -0.2) is 271 Å². The predicted molar refractivity (Wildman–Crippen MR) is 155 cm³/mol. The summed E-state index contributed by atoms with van der Waals surface area (Å²) in [6, 6.07) is 0. The summed E-state index contributed by atoms with van der Waals surface area (Å²) in [7, 11) is 0. The smallest absolute Gasteiger partial charge is 0.335 e.